The second-order valence-electron chi connectivity index (χ2n) is 5.62. The van der Waals surface area contributed by atoms with E-state index in [9.17, 15) is 22.8 Å². The maximum Gasteiger partial charge on any atom is 0.416 e. The summed E-state index contributed by atoms with van der Waals surface area (Å²) in [7, 11) is 0. The summed E-state index contributed by atoms with van der Waals surface area (Å²) in [5.74, 6) is -0.327. The highest BCUT2D eigenvalue weighted by Gasteiger charge is 2.50. The molecule has 0 saturated carbocycles. The second kappa shape index (κ2) is 5.40. The summed E-state index contributed by atoms with van der Waals surface area (Å²) in [6, 6.07) is 6.96. The van der Waals surface area contributed by atoms with Crippen LogP contribution in [0.3, 0.4) is 0 Å². The van der Waals surface area contributed by atoms with E-state index in [1.165, 1.54) is 25.3 Å². The molecule has 0 spiro atoms. The monoisotopic (exact) mass is 338 g/mol. The number of benzene rings is 1. The van der Waals surface area contributed by atoms with Gasteiger partial charge in [0.05, 0.1) is 18.4 Å². The number of alkyl halides is 3. The number of carbonyl (C=O) groups excluding carboxylic acids is 2. The van der Waals surface area contributed by atoms with Crippen LogP contribution in [0.4, 0.5) is 18.0 Å². The summed E-state index contributed by atoms with van der Waals surface area (Å²) in [6.07, 6.45) is -3.12. The molecule has 2 aromatic rings. The number of halogens is 3. The van der Waals surface area contributed by atoms with E-state index in [1.54, 1.807) is 12.1 Å². The van der Waals surface area contributed by atoms with Gasteiger partial charge in [0.25, 0.3) is 5.91 Å². The van der Waals surface area contributed by atoms with E-state index in [2.05, 4.69) is 5.32 Å². The van der Waals surface area contributed by atoms with Crippen LogP contribution in [0.2, 0.25) is 0 Å². The van der Waals surface area contributed by atoms with Gasteiger partial charge in [-0.25, -0.2) is 4.79 Å². The molecule has 1 aromatic heterocycles. The van der Waals surface area contributed by atoms with E-state index >= 15 is 0 Å². The second-order valence-corrected chi connectivity index (χ2v) is 5.62. The molecule has 24 heavy (non-hydrogen) atoms. The Kier molecular flexibility index (Phi) is 3.62. The van der Waals surface area contributed by atoms with Gasteiger partial charge in [-0.2, -0.15) is 13.2 Å². The largest absolute Gasteiger partial charge is 0.466 e. The molecule has 1 unspecified atom stereocenters. The van der Waals surface area contributed by atoms with Gasteiger partial charge < -0.3 is 9.73 Å². The van der Waals surface area contributed by atoms with Gasteiger partial charge in [-0.05, 0) is 36.8 Å². The van der Waals surface area contributed by atoms with Crippen molar-refractivity contribution < 1.29 is 27.2 Å². The number of furan rings is 1. The highest BCUT2D eigenvalue weighted by molar-refractivity contribution is 6.06. The Morgan fingerprint density at radius 1 is 1.21 bits per heavy atom. The Bertz CT molecular complexity index is 786. The predicted molar refractivity (Wildman–Crippen MR) is 76.6 cm³/mol. The lowest BCUT2D eigenvalue weighted by Crippen LogP contribution is -2.40. The molecule has 1 atom stereocenters. The number of imide groups is 1. The molecule has 1 saturated heterocycles. The van der Waals surface area contributed by atoms with Crippen LogP contribution in [0.5, 0.6) is 0 Å². The first-order valence-electron chi connectivity index (χ1n) is 7.06. The van der Waals surface area contributed by atoms with Crippen LogP contribution in [-0.4, -0.2) is 16.8 Å². The summed E-state index contributed by atoms with van der Waals surface area (Å²) in [4.78, 5) is 25.6. The molecule has 1 aliphatic rings. The van der Waals surface area contributed by atoms with E-state index in [0.717, 1.165) is 17.0 Å². The van der Waals surface area contributed by atoms with Crippen LogP contribution < -0.4 is 5.32 Å². The first kappa shape index (κ1) is 16.1. The molecule has 5 nitrogen and oxygen atoms in total. The van der Waals surface area contributed by atoms with Crippen LogP contribution in [0.1, 0.15) is 23.8 Å². The van der Waals surface area contributed by atoms with Gasteiger partial charge in [-0.1, -0.05) is 12.1 Å². The van der Waals surface area contributed by atoms with Gasteiger partial charge in [0.2, 0.25) is 0 Å². The molecule has 2 heterocycles. The van der Waals surface area contributed by atoms with Gasteiger partial charge in [0.1, 0.15) is 5.76 Å². The van der Waals surface area contributed by atoms with Crippen molar-refractivity contribution in [2.24, 2.45) is 0 Å². The minimum atomic E-state index is -4.49. The van der Waals surface area contributed by atoms with Gasteiger partial charge >= 0.3 is 12.2 Å². The first-order chi connectivity index (χ1) is 11.2. The Morgan fingerprint density at radius 2 is 1.96 bits per heavy atom. The highest BCUT2D eigenvalue weighted by atomic mass is 19.4. The maximum absolute atomic E-state index is 12.8. The Labute approximate surface area is 135 Å². The van der Waals surface area contributed by atoms with Crippen LogP contribution in [-0.2, 0) is 23.1 Å². The molecule has 1 fully saturated rings. The lowest BCUT2D eigenvalue weighted by molar-refractivity contribution is -0.137. The smallest absolute Gasteiger partial charge is 0.416 e. The van der Waals surface area contributed by atoms with E-state index < -0.39 is 29.2 Å². The number of nitrogens with one attached hydrogen (secondary N) is 1. The number of hydrogen-bond donors (Lipinski definition) is 1. The Morgan fingerprint density at radius 3 is 2.58 bits per heavy atom. The van der Waals surface area contributed by atoms with Crippen molar-refractivity contribution in [3.63, 3.8) is 0 Å². The van der Waals surface area contributed by atoms with E-state index in [0.29, 0.717) is 0 Å². The molecule has 126 valence electrons. The van der Waals surface area contributed by atoms with Gasteiger partial charge in [-0.15, -0.1) is 0 Å². The SMILES string of the molecule is CC1(c2ccco2)NC(=O)N(Cc2cccc(C(F)(F)F)c2)C1=O. The molecule has 1 aromatic carbocycles. The standard InChI is InChI=1S/C16H13F3N2O3/c1-15(12-6-3-7-24-12)13(22)21(14(23)20-15)9-10-4-2-5-11(8-10)16(17,18)19/h2-8H,9H2,1H3,(H,20,23). The normalized spacial score (nSPS) is 21.2. The minimum Gasteiger partial charge on any atom is -0.466 e. The van der Waals surface area contributed by atoms with Crippen LogP contribution in [0.25, 0.3) is 0 Å². The van der Waals surface area contributed by atoms with Crippen molar-refractivity contribution in [2.45, 2.75) is 25.2 Å². The Hall–Kier alpha value is -2.77. The third-order valence-corrected chi connectivity index (χ3v) is 3.88. The van der Waals surface area contributed by atoms with Crippen molar-refractivity contribution >= 4 is 11.9 Å². The zero-order valence-electron chi connectivity index (χ0n) is 12.6. The molecule has 0 radical (unpaired) electrons. The van der Waals surface area contributed by atoms with Gasteiger partial charge in [0.15, 0.2) is 5.54 Å². The third kappa shape index (κ3) is 2.64. The fourth-order valence-electron chi connectivity index (χ4n) is 2.60. The summed E-state index contributed by atoms with van der Waals surface area (Å²) in [5, 5.41) is 2.52. The zero-order valence-corrected chi connectivity index (χ0v) is 12.6. The average Bonchev–Trinajstić information content (AvgIpc) is 3.12. The first-order valence-corrected chi connectivity index (χ1v) is 7.06. The number of carbonyl (C=O) groups is 2. The molecular formula is C16H13F3N2O3. The molecule has 0 bridgehead atoms. The fourth-order valence-corrected chi connectivity index (χ4v) is 2.60. The van der Waals surface area contributed by atoms with Crippen molar-refractivity contribution in [3.8, 4) is 0 Å². The summed E-state index contributed by atoms with van der Waals surface area (Å²) < 4.78 is 43.5. The third-order valence-electron chi connectivity index (χ3n) is 3.88. The molecule has 3 amide bonds. The molecular weight excluding hydrogens is 325 g/mol. The van der Waals surface area contributed by atoms with Gasteiger partial charge in [0, 0.05) is 0 Å². The number of urea groups is 1. The number of hydrogen-bond acceptors (Lipinski definition) is 3. The minimum absolute atomic E-state index is 0.206. The predicted octanol–water partition coefficient (Wildman–Crippen LogP) is 3.27. The van der Waals surface area contributed by atoms with Crippen molar-refractivity contribution in [1.82, 2.24) is 10.2 Å². The summed E-state index contributed by atoms with van der Waals surface area (Å²) in [5.41, 5.74) is -2.00. The zero-order chi connectivity index (χ0) is 17.5. The quantitative estimate of drug-likeness (QED) is 0.874. The summed E-state index contributed by atoms with van der Waals surface area (Å²) >= 11 is 0. The molecule has 8 heteroatoms. The molecule has 0 aliphatic carbocycles. The van der Waals surface area contributed by atoms with Crippen LogP contribution in [0, 0.1) is 0 Å². The number of rotatable bonds is 3. The van der Waals surface area contributed by atoms with E-state index in [4.69, 9.17) is 4.42 Å². The molecule has 1 aliphatic heterocycles. The lowest BCUT2D eigenvalue weighted by Gasteiger charge is -2.19. The maximum atomic E-state index is 12.8. The Balaban J connectivity index is 1.86. The lowest BCUT2D eigenvalue weighted by atomic mass is 9.99. The fraction of sp³-hybridized carbons (Fsp3) is 0.250. The summed E-state index contributed by atoms with van der Waals surface area (Å²) in [6.45, 7) is 1.23. The van der Waals surface area contributed by atoms with Gasteiger partial charge in [-0.3, -0.25) is 9.69 Å². The molecule has 3 rings (SSSR count). The van der Waals surface area contributed by atoms with Crippen molar-refractivity contribution in [2.75, 3.05) is 0 Å². The average molecular weight is 338 g/mol. The number of nitrogens with zero attached hydrogens (tertiary/aromatic N) is 1. The van der Waals surface area contributed by atoms with Crippen LogP contribution >= 0.6 is 0 Å². The van der Waals surface area contributed by atoms with E-state index in [1.807, 2.05) is 0 Å². The van der Waals surface area contributed by atoms with Crippen molar-refractivity contribution in [1.29, 1.82) is 0 Å². The van der Waals surface area contributed by atoms with Crippen molar-refractivity contribution in [3.05, 3.63) is 59.5 Å². The molecule has 1 N–H and O–H groups in total. The van der Waals surface area contributed by atoms with Crippen LogP contribution in [0.15, 0.2) is 47.1 Å². The highest BCUT2D eigenvalue weighted by Crippen LogP contribution is 2.32. The van der Waals surface area contributed by atoms with E-state index in [-0.39, 0.29) is 17.9 Å². The topological polar surface area (TPSA) is 62.6 Å². The number of amides is 3.